The molecule has 1 aliphatic carbocycles. The Kier molecular flexibility index (Phi) is 7.47. The van der Waals surface area contributed by atoms with Crippen molar-refractivity contribution in [1.29, 1.82) is 0 Å². The zero-order valence-electron chi connectivity index (χ0n) is 25.2. The minimum absolute atomic E-state index is 0.0990. The molecule has 6 aliphatic rings. The Balaban J connectivity index is 1.03. The first-order valence-electron chi connectivity index (χ1n) is 15.8. The number of amides is 3. The summed E-state index contributed by atoms with van der Waals surface area (Å²) < 4.78 is 0. The summed E-state index contributed by atoms with van der Waals surface area (Å²) >= 11 is 6.22. The molecule has 7 nitrogen and oxygen atoms in total. The minimum Gasteiger partial charge on any atom is -0.322 e. The van der Waals surface area contributed by atoms with E-state index < -0.39 is 6.04 Å². The SMILES string of the molecule is CC1(C)CCC(CN2CC3CCC2CN3Cc2ccc3c(c2)C(=O)N(C2CCC(=O)NC2=O)C3)=C(c2ccc(Cl)cc2)C1. The molecule has 0 saturated carbocycles. The lowest BCUT2D eigenvalue weighted by atomic mass is 9.72. The van der Waals surface area contributed by atoms with Gasteiger partial charge in [0.25, 0.3) is 5.91 Å². The van der Waals surface area contributed by atoms with Crippen molar-refractivity contribution in [2.75, 3.05) is 19.6 Å². The van der Waals surface area contributed by atoms with Crippen LogP contribution in [-0.2, 0) is 22.7 Å². The smallest absolute Gasteiger partial charge is 0.255 e. The van der Waals surface area contributed by atoms with E-state index in [0.29, 0.717) is 36.0 Å². The van der Waals surface area contributed by atoms with E-state index in [0.717, 1.165) is 55.2 Å². The molecule has 2 bridgehead atoms. The number of benzene rings is 2. The van der Waals surface area contributed by atoms with Crippen LogP contribution in [0.4, 0.5) is 0 Å². The van der Waals surface area contributed by atoms with Crippen LogP contribution in [0.2, 0.25) is 5.02 Å². The van der Waals surface area contributed by atoms with E-state index in [1.54, 1.807) is 10.5 Å². The number of piperidine rings is 3. The number of hydrogen-bond donors (Lipinski definition) is 1. The van der Waals surface area contributed by atoms with Gasteiger partial charge in [-0.3, -0.25) is 29.5 Å². The molecule has 5 heterocycles. The van der Waals surface area contributed by atoms with Gasteiger partial charge < -0.3 is 4.90 Å². The van der Waals surface area contributed by atoms with Crippen LogP contribution in [0.25, 0.3) is 5.57 Å². The number of allylic oxidation sites excluding steroid dienone is 1. The van der Waals surface area contributed by atoms with Crippen LogP contribution in [0, 0.1) is 5.41 Å². The van der Waals surface area contributed by atoms with Crippen molar-refractivity contribution >= 4 is 34.9 Å². The molecule has 0 aromatic heterocycles. The van der Waals surface area contributed by atoms with Crippen molar-refractivity contribution in [1.82, 2.24) is 20.0 Å². The van der Waals surface area contributed by atoms with E-state index in [9.17, 15) is 14.4 Å². The second-order valence-corrected chi connectivity index (χ2v) is 14.5. The maximum absolute atomic E-state index is 13.3. The molecule has 3 atom stereocenters. The molecule has 43 heavy (non-hydrogen) atoms. The number of halogens is 1. The third kappa shape index (κ3) is 5.67. The van der Waals surface area contributed by atoms with Gasteiger partial charge in [-0.25, -0.2) is 0 Å². The van der Waals surface area contributed by atoms with Gasteiger partial charge >= 0.3 is 0 Å². The van der Waals surface area contributed by atoms with E-state index in [1.807, 2.05) is 18.2 Å². The van der Waals surface area contributed by atoms with Crippen molar-refractivity contribution < 1.29 is 14.4 Å². The molecule has 2 aromatic carbocycles. The Morgan fingerprint density at radius 1 is 0.907 bits per heavy atom. The van der Waals surface area contributed by atoms with Gasteiger partial charge in [-0.15, -0.1) is 0 Å². The summed E-state index contributed by atoms with van der Waals surface area (Å²) in [6.45, 7) is 9.22. The zero-order valence-corrected chi connectivity index (χ0v) is 26.0. The molecule has 5 aliphatic heterocycles. The highest BCUT2D eigenvalue weighted by atomic mass is 35.5. The van der Waals surface area contributed by atoms with Crippen molar-refractivity contribution in [3.05, 3.63) is 75.3 Å². The Labute approximate surface area is 259 Å². The fraction of sp³-hybridized carbons (Fsp3) is 0.514. The Bertz CT molecular complexity index is 1500. The van der Waals surface area contributed by atoms with Crippen LogP contribution in [0.1, 0.15) is 85.8 Å². The maximum atomic E-state index is 13.3. The van der Waals surface area contributed by atoms with E-state index in [2.05, 4.69) is 53.2 Å². The first kappa shape index (κ1) is 28.8. The predicted octanol–water partition coefficient (Wildman–Crippen LogP) is 5.41. The fourth-order valence-corrected chi connectivity index (χ4v) is 8.16. The van der Waals surface area contributed by atoms with Gasteiger partial charge in [-0.1, -0.05) is 55.3 Å². The Morgan fingerprint density at radius 3 is 2.33 bits per heavy atom. The van der Waals surface area contributed by atoms with Gasteiger partial charge in [0.05, 0.1) is 0 Å². The Hall–Kier alpha value is -3.00. The van der Waals surface area contributed by atoms with Gasteiger partial charge in [0.15, 0.2) is 0 Å². The van der Waals surface area contributed by atoms with Crippen molar-refractivity contribution in [3.8, 4) is 0 Å². The third-order valence-corrected chi connectivity index (χ3v) is 10.8. The number of rotatable bonds is 6. The fourth-order valence-electron chi connectivity index (χ4n) is 8.03. The molecule has 8 rings (SSSR count). The topological polar surface area (TPSA) is 73.0 Å². The summed E-state index contributed by atoms with van der Waals surface area (Å²) in [5.74, 6) is -0.721. The number of hydrogen-bond acceptors (Lipinski definition) is 5. The van der Waals surface area contributed by atoms with Crippen molar-refractivity contribution in [2.45, 2.75) is 90.0 Å². The van der Waals surface area contributed by atoms with E-state index in [-0.39, 0.29) is 24.1 Å². The van der Waals surface area contributed by atoms with Crippen molar-refractivity contribution in [3.63, 3.8) is 0 Å². The number of fused-ring (bicyclic) bond motifs is 4. The molecular weight excluding hydrogens is 560 g/mol. The zero-order chi connectivity index (χ0) is 29.9. The second-order valence-electron chi connectivity index (χ2n) is 14.1. The summed E-state index contributed by atoms with van der Waals surface area (Å²) in [7, 11) is 0. The van der Waals surface area contributed by atoms with E-state index >= 15 is 0 Å². The van der Waals surface area contributed by atoms with Gasteiger partial charge in [-0.05, 0) is 84.4 Å². The third-order valence-electron chi connectivity index (χ3n) is 10.5. The van der Waals surface area contributed by atoms with Crippen LogP contribution < -0.4 is 5.32 Å². The highest BCUT2D eigenvalue weighted by molar-refractivity contribution is 6.30. The highest BCUT2D eigenvalue weighted by Crippen LogP contribution is 2.44. The molecule has 3 amide bonds. The van der Waals surface area contributed by atoms with Gasteiger partial charge in [0.2, 0.25) is 11.8 Å². The predicted molar refractivity (Wildman–Crippen MR) is 167 cm³/mol. The van der Waals surface area contributed by atoms with Gasteiger partial charge in [-0.2, -0.15) is 0 Å². The van der Waals surface area contributed by atoms with Crippen LogP contribution in [-0.4, -0.2) is 70.2 Å². The molecule has 0 radical (unpaired) electrons. The molecular formula is C35H41ClN4O3. The van der Waals surface area contributed by atoms with Gasteiger partial charge in [0.1, 0.15) is 6.04 Å². The van der Waals surface area contributed by atoms with Crippen LogP contribution in [0.15, 0.2) is 48.0 Å². The van der Waals surface area contributed by atoms with E-state index in [4.69, 9.17) is 11.6 Å². The number of nitrogens with zero attached hydrogens (tertiary/aromatic N) is 3. The highest BCUT2D eigenvalue weighted by Gasteiger charge is 2.41. The lowest BCUT2D eigenvalue weighted by Gasteiger charge is -2.52. The summed E-state index contributed by atoms with van der Waals surface area (Å²) in [6, 6.07) is 15.1. The molecule has 3 unspecified atom stereocenters. The minimum atomic E-state index is -0.574. The summed E-state index contributed by atoms with van der Waals surface area (Å²) in [4.78, 5) is 44.4. The second kappa shape index (κ2) is 11.2. The lowest BCUT2D eigenvalue weighted by molar-refractivity contribution is -0.136. The van der Waals surface area contributed by atoms with E-state index in [1.165, 1.54) is 30.4 Å². The Morgan fingerprint density at radius 2 is 1.63 bits per heavy atom. The first-order chi connectivity index (χ1) is 20.6. The first-order valence-corrected chi connectivity index (χ1v) is 16.2. The molecule has 1 N–H and O–H groups in total. The largest absolute Gasteiger partial charge is 0.322 e. The normalized spacial score (nSPS) is 27.6. The lowest BCUT2D eigenvalue weighted by Crippen LogP contribution is -2.62. The molecule has 8 heteroatoms. The molecule has 0 spiro atoms. The van der Waals surface area contributed by atoms with Gasteiger partial charge in [0, 0.05) is 61.8 Å². The summed E-state index contributed by atoms with van der Waals surface area (Å²) in [5, 5.41) is 3.18. The molecule has 4 fully saturated rings. The quantitative estimate of drug-likeness (QED) is 0.449. The number of piperazine rings is 1. The molecule has 2 aromatic rings. The van der Waals surface area contributed by atoms with Crippen molar-refractivity contribution in [2.24, 2.45) is 5.41 Å². The average Bonchev–Trinajstić information content (AvgIpc) is 3.30. The maximum Gasteiger partial charge on any atom is 0.255 e. The average molecular weight is 601 g/mol. The molecule has 4 saturated heterocycles. The standard InChI is InChI=1S/C35H41ClN4O3/c1-35(2)14-13-25(30(16-35)23-5-7-26(36)8-6-23)18-39-21-27-9-10-28(39)20-38(27)17-22-3-4-24-19-40(34(43)29(24)15-22)31-11-12-32(41)37-33(31)42/h3-8,15,27-28,31H,9-14,16-21H2,1-2H3,(H,37,41,42). The van der Waals surface area contributed by atoms with Crippen LogP contribution in [0.5, 0.6) is 0 Å². The monoisotopic (exact) mass is 600 g/mol. The summed E-state index contributed by atoms with van der Waals surface area (Å²) in [6.07, 6.45) is 6.60. The number of imide groups is 1. The van der Waals surface area contributed by atoms with Crippen LogP contribution in [0.3, 0.4) is 0 Å². The molecule has 226 valence electrons. The number of nitrogens with one attached hydrogen (secondary N) is 1. The number of carbonyl (C=O) groups is 3. The van der Waals surface area contributed by atoms with Crippen LogP contribution >= 0.6 is 11.6 Å². The number of carbonyl (C=O) groups excluding carboxylic acids is 3. The summed E-state index contributed by atoms with van der Waals surface area (Å²) in [5.41, 5.74) is 7.56.